The molecule has 0 spiro atoms. The Balaban J connectivity index is 1.77. The van der Waals surface area contributed by atoms with E-state index in [-0.39, 0.29) is 31.8 Å². The van der Waals surface area contributed by atoms with E-state index in [0.29, 0.717) is 12.3 Å². The quantitative estimate of drug-likeness (QED) is 0.321. The summed E-state index contributed by atoms with van der Waals surface area (Å²) >= 11 is 0. The highest BCUT2D eigenvalue weighted by molar-refractivity contribution is 5.85. The van der Waals surface area contributed by atoms with Crippen LogP contribution in [0.5, 0.6) is 0 Å². The Morgan fingerprint density at radius 2 is 1.75 bits per heavy atom. The zero-order chi connectivity index (χ0) is 26.7. The van der Waals surface area contributed by atoms with E-state index in [1.54, 1.807) is 13.8 Å². The molecule has 3 fully saturated rings. The van der Waals surface area contributed by atoms with Crippen LogP contribution in [0.15, 0.2) is 0 Å². The molecule has 1 saturated heterocycles. The first-order valence-corrected chi connectivity index (χ1v) is 13.6. The number of carboxylic acid groups (broad SMARTS) is 1. The second kappa shape index (κ2) is 11.1. The van der Waals surface area contributed by atoms with Gasteiger partial charge in [-0.2, -0.15) is 0 Å². The van der Waals surface area contributed by atoms with Gasteiger partial charge in [0.05, 0.1) is 23.4 Å². The Morgan fingerprint density at radius 1 is 1.08 bits per heavy atom. The number of aliphatic carboxylic acids is 1. The zero-order valence-corrected chi connectivity index (χ0v) is 22.6. The van der Waals surface area contributed by atoms with Crippen LogP contribution in [0.25, 0.3) is 0 Å². The van der Waals surface area contributed by atoms with E-state index in [1.807, 2.05) is 13.8 Å². The minimum absolute atomic E-state index is 0.0210. The van der Waals surface area contributed by atoms with Crippen molar-refractivity contribution in [2.45, 2.75) is 117 Å². The Kier molecular flexibility index (Phi) is 8.77. The van der Waals surface area contributed by atoms with Crippen LogP contribution in [0.3, 0.4) is 0 Å². The van der Waals surface area contributed by atoms with Crippen molar-refractivity contribution in [3.05, 3.63) is 0 Å². The molecule has 3 rings (SSSR count). The molecule has 8 heteroatoms. The molecule has 3 aliphatic rings. The van der Waals surface area contributed by atoms with Crippen molar-refractivity contribution < 1.29 is 38.5 Å². The summed E-state index contributed by atoms with van der Waals surface area (Å²) in [6.07, 6.45) is 7.45. The van der Waals surface area contributed by atoms with Gasteiger partial charge in [-0.25, -0.2) is 4.79 Å². The van der Waals surface area contributed by atoms with Crippen molar-refractivity contribution in [3.63, 3.8) is 0 Å². The topological polar surface area (TPSA) is 116 Å². The lowest BCUT2D eigenvalue weighted by atomic mass is 9.66. The molecule has 7 atom stereocenters. The minimum atomic E-state index is -1.30. The highest BCUT2D eigenvalue weighted by Gasteiger charge is 2.50. The largest absolute Gasteiger partial charge is 0.481 e. The third kappa shape index (κ3) is 6.41. The molecule has 1 aliphatic heterocycles. The van der Waals surface area contributed by atoms with E-state index in [0.717, 1.165) is 25.2 Å². The van der Waals surface area contributed by atoms with Crippen molar-refractivity contribution in [1.29, 1.82) is 0 Å². The van der Waals surface area contributed by atoms with Gasteiger partial charge in [0.15, 0.2) is 0 Å². The normalized spacial score (nSPS) is 32.2. The Morgan fingerprint density at radius 3 is 2.33 bits per heavy atom. The number of carboxylic acids is 1. The second-order valence-electron chi connectivity index (χ2n) is 12.3. The number of fused-ring (bicyclic) bond motifs is 1. The molecule has 2 aliphatic carbocycles. The van der Waals surface area contributed by atoms with Crippen LogP contribution in [-0.2, 0) is 33.4 Å². The van der Waals surface area contributed by atoms with E-state index in [4.69, 9.17) is 14.2 Å². The number of hydrogen-bond acceptors (Lipinski definition) is 7. The molecule has 204 valence electrons. The van der Waals surface area contributed by atoms with E-state index >= 15 is 0 Å². The average Bonchev–Trinajstić information content (AvgIpc) is 3.22. The average molecular weight is 509 g/mol. The molecule has 0 aromatic heterocycles. The van der Waals surface area contributed by atoms with Gasteiger partial charge in [0.1, 0.15) is 5.60 Å². The molecule has 7 unspecified atom stereocenters. The van der Waals surface area contributed by atoms with Crippen LogP contribution in [0.2, 0.25) is 0 Å². The zero-order valence-electron chi connectivity index (χ0n) is 22.6. The van der Waals surface area contributed by atoms with E-state index in [9.17, 15) is 24.3 Å². The Labute approximate surface area is 214 Å². The molecule has 8 nitrogen and oxygen atoms in total. The fourth-order valence-corrected chi connectivity index (χ4v) is 6.57. The molecule has 0 radical (unpaired) electrons. The second-order valence-corrected chi connectivity index (χ2v) is 12.3. The maximum absolute atomic E-state index is 13.7. The summed E-state index contributed by atoms with van der Waals surface area (Å²) in [5, 5.41) is 9.55. The summed E-state index contributed by atoms with van der Waals surface area (Å²) in [5.74, 6) is -2.20. The van der Waals surface area contributed by atoms with Crippen molar-refractivity contribution in [3.8, 4) is 0 Å². The summed E-state index contributed by atoms with van der Waals surface area (Å²) in [7, 11) is 0. The van der Waals surface area contributed by atoms with E-state index in [2.05, 4.69) is 0 Å². The van der Waals surface area contributed by atoms with Gasteiger partial charge in [-0.3, -0.25) is 14.4 Å². The number of rotatable bonds is 10. The van der Waals surface area contributed by atoms with Gasteiger partial charge in [-0.15, -0.1) is 0 Å². The maximum Gasteiger partial charge on any atom is 0.347 e. The van der Waals surface area contributed by atoms with Crippen LogP contribution in [0.4, 0.5) is 0 Å². The van der Waals surface area contributed by atoms with Crippen LogP contribution in [0.1, 0.15) is 105 Å². The summed E-state index contributed by atoms with van der Waals surface area (Å²) in [5.41, 5.74) is -2.86. The third-order valence-electron chi connectivity index (χ3n) is 9.00. The van der Waals surface area contributed by atoms with Crippen molar-refractivity contribution >= 4 is 23.9 Å². The standard InChI is InChI=1S/C28H44O8/c1-6-26(3,25(33)36-28(5)13-11-19-9-7-8-10-20(19)16-28)17-27(4,15-18(2)22(29)30)24(32)35-21-12-14-34-23(21)31/h18-21H,6-17H2,1-5H3,(H,29,30). The first-order valence-electron chi connectivity index (χ1n) is 13.6. The predicted octanol–water partition coefficient (Wildman–Crippen LogP) is 5.06. The summed E-state index contributed by atoms with van der Waals surface area (Å²) < 4.78 is 16.6. The highest BCUT2D eigenvalue weighted by Crippen LogP contribution is 2.48. The first kappa shape index (κ1) is 28.5. The molecule has 1 heterocycles. The molecule has 0 aromatic rings. The van der Waals surface area contributed by atoms with Crippen LogP contribution < -0.4 is 0 Å². The van der Waals surface area contributed by atoms with E-state index < -0.39 is 46.4 Å². The number of cyclic esters (lactones) is 1. The number of carbonyl (C=O) groups excluding carboxylic acids is 3. The van der Waals surface area contributed by atoms with Gasteiger partial charge in [0, 0.05) is 6.42 Å². The molecular formula is C28H44O8. The van der Waals surface area contributed by atoms with Gasteiger partial charge < -0.3 is 19.3 Å². The fourth-order valence-electron chi connectivity index (χ4n) is 6.57. The van der Waals surface area contributed by atoms with Crippen LogP contribution >= 0.6 is 0 Å². The number of esters is 3. The lowest BCUT2D eigenvalue weighted by Crippen LogP contribution is -2.47. The Hall–Kier alpha value is -2.12. The van der Waals surface area contributed by atoms with E-state index in [1.165, 1.54) is 32.6 Å². The number of carbonyl (C=O) groups is 4. The number of hydrogen-bond donors (Lipinski definition) is 1. The van der Waals surface area contributed by atoms with Gasteiger partial charge in [-0.1, -0.05) is 39.5 Å². The Bertz CT molecular complexity index is 854. The van der Waals surface area contributed by atoms with Crippen LogP contribution in [-0.4, -0.2) is 47.3 Å². The van der Waals surface area contributed by atoms with Crippen molar-refractivity contribution in [1.82, 2.24) is 0 Å². The molecule has 0 amide bonds. The lowest BCUT2D eigenvalue weighted by molar-refractivity contribution is -0.183. The van der Waals surface area contributed by atoms with Crippen molar-refractivity contribution in [2.75, 3.05) is 6.61 Å². The van der Waals surface area contributed by atoms with Gasteiger partial charge in [0.25, 0.3) is 0 Å². The fraction of sp³-hybridized carbons (Fsp3) is 0.857. The molecule has 2 saturated carbocycles. The molecule has 0 bridgehead atoms. The summed E-state index contributed by atoms with van der Waals surface area (Å²) in [4.78, 5) is 50.6. The predicted molar refractivity (Wildman–Crippen MR) is 132 cm³/mol. The van der Waals surface area contributed by atoms with Gasteiger partial charge in [-0.05, 0) is 71.1 Å². The first-order chi connectivity index (χ1) is 16.8. The van der Waals surface area contributed by atoms with Gasteiger partial charge in [0.2, 0.25) is 6.10 Å². The smallest absolute Gasteiger partial charge is 0.347 e. The number of ether oxygens (including phenoxy) is 3. The van der Waals surface area contributed by atoms with Gasteiger partial charge >= 0.3 is 23.9 Å². The maximum atomic E-state index is 13.7. The SMILES string of the molecule is CCC(C)(CC(C)(CC(C)C(=O)O)C(=O)OC1CCOC1=O)C(=O)OC1(C)CCC2CCCCC2C1. The lowest BCUT2D eigenvalue weighted by Gasteiger charge is -2.46. The van der Waals surface area contributed by atoms with Crippen molar-refractivity contribution in [2.24, 2.45) is 28.6 Å². The molecule has 1 N–H and O–H groups in total. The summed E-state index contributed by atoms with van der Waals surface area (Å²) in [6.45, 7) is 9.03. The highest BCUT2D eigenvalue weighted by atomic mass is 16.6. The third-order valence-corrected chi connectivity index (χ3v) is 9.00. The van der Waals surface area contributed by atoms with Crippen LogP contribution in [0, 0.1) is 28.6 Å². The molecule has 36 heavy (non-hydrogen) atoms. The molecule has 0 aromatic carbocycles. The monoisotopic (exact) mass is 508 g/mol. The summed E-state index contributed by atoms with van der Waals surface area (Å²) in [6, 6.07) is 0. The minimum Gasteiger partial charge on any atom is -0.481 e. The molecular weight excluding hydrogens is 464 g/mol.